The van der Waals surface area contributed by atoms with Crippen LogP contribution in [-0.4, -0.2) is 41.9 Å². The van der Waals surface area contributed by atoms with Gasteiger partial charge in [0.15, 0.2) is 23.3 Å². The van der Waals surface area contributed by atoms with Crippen molar-refractivity contribution in [3.05, 3.63) is 36.0 Å². The predicted octanol–water partition coefficient (Wildman–Crippen LogP) is 2.26. The van der Waals surface area contributed by atoms with Crippen molar-refractivity contribution in [2.24, 2.45) is 4.99 Å². The highest BCUT2D eigenvalue weighted by atomic mass is 16.6. The number of aromatic nitrogens is 2. The number of nitrogens with one attached hydrogen (secondary N) is 2. The summed E-state index contributed by atoms with van der Waals surface area (Å²) in [5.41, 5.74) is -0.174. The maximum absolute atomic E-state index is 5.95. The number of guanidine groups is 1. The molecule has 8 nitrogen and oxygen atoms in total. The van der Waals surface area contributed by atoms with E-state index in [0.29, 0.717) is 37.4 Å². The third kappa shape index (κ3) is 5.12. The number of aliphatic imine (C=N–C) groups is 1. The van der Waals surface area contributed by atoms with Crippen molar-refractivity contribution in [3.8, 4) is 11.5 Å². The SMILES string of the molecule is CCNC(=NCc1noc(C(C)(C)C)n1)NCC1COc2ccccc2O1. The van der Waals surface area contributed by atoms with Gasteiger partial charge in [-0.25, -0.2) is 4.99 Å². The van der Waals surface area contributed by atoms with E-state index in [2.05, 4.69) is 25.8 Å². The van der Waals surface area contributed by atoms with Crippen molar-refractivity contribution < 1.29 is 14.0 Å². The van der Waals surface area contributed by atoms with Crippen molar-refractivity contribution in [1.29, 1.82) is 0 Å². The van der Waals surface area contributed by atoms with Gasteiger partial charge >= 0.3 is 0 Å². The fourth-order valence-corrected chi connectivity index (χ4v) is 2.49. The van der Waals surface area contributed by atoms with E-state index < -0.39 is 0 Å². The number of rotatable bonds is 5. The zero-order valence-electron chi connectivity index (χ0n) is 16.3. The van der Waals surface area contributed by atoms with Crippen LogP contribution in [0.3, 0.4) is 0 Å². The lowest BCUT2D eigenvalue weighted by atomic mass is 9.97. The van der Waals surface area contributed by atoms with E-state index in [9.17, 15) is 0 Å². The molecule has 0 amide bonds. The number of ether oxygens (including phenoxy) is 2. The number of hydrogen-bond acceptors (Lipinski definition) is 6. The minimum Gasteiger partial charge on any atom is -0.486 e. The van der Waals surface area contributed by atoms with Gasteiger partial charge in [0.25, 0.3) is 0 Å². The second-order valence-corrected chi connectivity index (χ2v) is 7.34. The molecule has 1 aliphatic rings. The Morgan fingerprint density at radius 1 is 1.22 bits per heavy atom. The Morgan fingerprint density at radius 3 is 2.70 bits per heavy atom. The van der Waals surface area contributed by atoms with E-state index in [-0.39, 0.29) is 11.5 Å². The molecular formula is C19H27N5O3. The molecule has 27 heavy (non-hydrogen) atoms. The molecule has 1 aliphatic heterocycles. The standard InChI is InChI=1S/C19H27N5O3/c1-5-20-18(22-11-16-23-17(27-24-16)19(2,3)4)21-10-13-12-25-14-8-6-7-9-15(14)26-13/h6-9,13H,5,10-12H2,1-4H3,(H2,20,21,22). The van der Waals surface area contributed by atoms with Gasteiger partial charge in [0.05, 0.1) is 6.54 Å². The van der Waals surface area contributed by atoms with Crippen LogP contribution >= 0.6 is 0 Å². The van der Waals surface area contributed by atoms with Crippen LogP contribution < -0.4 is 20.1 Å². The van der Waals surface area contributed by atoms with Crippen LogP contribution in [-0.2, 0) is 12.0 Å². The molecule has 3 rings (SSSR count). The summed E-state index contributed by atoms with van der Waals surface area (Å²) in [6.07, 6.45) is -0.0959. The van der Waals surface area contributed by atoms with Crippen LogP contribution in [0.15, 0.2) is 33.8 Å². The Hall–Kier alpha value is -2.77. The lowest BCUT2D eigenvalue weighted by molar-refractivity contribution is 0.0936. The summed E-state index contributed by atoms with van der Waals surface area (Å²) in [7, 11) is 0. The molecule has 2 N–H and O–H groups in total. The van der Waals surface area contributed by atoms with E-state index in [1.807, 2.05) is 52.0 Å². The second-order valence-electron chi connectivity index (χ2n) is 7.34. The van der Waals surface area contributed by atoms with E-state index in [1.54, 1.807) is 0 Å². The molecule has 0 spiro atoms. The summed E-state index contributed by atoms with van der Waals surface area (Å²) in [6.45, 7) is 10.2. The number of benzene rings is 1. The van der Waals surface area contributed by atoms with Crippen molar-refractivity contribution in [2.45, 2.75) is 45.8 Å². The zero-order valence-corrected chi connectivity index (χ0v) is 16.3. The van der Waals surface area contributed by atoms with Gasteiger partial charge in [0, 0.05) is 12.0 Å². The molecule has 8 heteroatoms. The summed E-state index contributed by atoms with van der Waals surface area (Å²) in [5, 5.41) is 10.5. The molecule has 0 saturated heterocycles. The average Bonchev–Trinajstić information content (AvgIpc) is 3.13. The Balaban J connectivity index is 1.56. The molecule has 2 aromatic rings. The first-order chi connectivity index (χ1) is 13.0. The summed E-state index contributed by atoms with van der Waals surface area (Å²) in [4.78, 5) is 8.92. The van der Waals surface area contributed by atoms with Crippen LogP contribution in [0.2, 0.25) is 0 Å². The fraction of sp³-hybridized carbons (Fsp3) is 0.526. The van der Waals surface area contributed by atoms with Crippen LogP contribution in [0.1, 0.15) is 39.4 Å². The summed E-state index contributed by atoms with van der Waals surface area (Å²) in [5.74, 6) is 3.38. The smallest absolute Gasteiger partial charge is 0.232 e. The molecule has 0 radical (unpaired) electrons. The molecule has 1 unspecified atom stereocenters. The normalized spacial score (nSPS) is 16.9. The highest BCUT2D eigenvalue weighted by Gasteiger charge is 2.22. The van der Waals surface area contributed by atoms with E-state index in [4.69, 9.17) is 14.0 Å². The van der Waals surface area contributed by atoms with Gasteiger partial charge in [-0.2, -0.15) is 4.98 Å². The minimum absolute atomic E-state index is 0.0959. The summed E-state index contributed by atoms with van der Waals surface area (Å²) < 4.78 is 17.0. The molecule has 0 bridgehead atoms. The number of para-hydroxylation sites is 2. The van der Waals surface area contributed by atoms with Crippen molar-refractivity contribution in [1.82, 2.24) is 20.8 Å². The molecule has 0 saturated carbocycles. The monoisotopic (exact) mass is 373 g/mol. The van der Waals surface area contributed by atoms with E-state index >= 15 is 0 Å². The Labute approximate surface area is 159 Å². The molecule has 1 aromatic heterocycles. The molecule has 146 valence electrons. The Morgan fingerprint density at radius 2 is 2.00 bits per heavy atom. The van der Waals surface area contributed by atoms with Gasteiger partial charge in [0.2, 0.25) is 5.89 Å². The van der Waals surface area contributed by atoms with Gasteiger partial charge in [-0.3, -0.25) is 0 Å². The molecular weight excluding hydrogens is 346 g/mol. The summed E-state index contributed by atoms with van der Waals surface area (Å²) in [6, 6.07) is 7.67. The molecule has 0 fully saturated rings. The number of fused-ring (bicyclic) bond motifs is 1. The maximum atomic E-state index is 5.95. The third-order valence-electron chi connectivity index (χ3n) is 3.90. The highest BCUT2D eigenvalue weighted by Crippen LogP contribution is 2.30. The van der Waals surface area contributed by atoms with E-state index in [0.717, 1.165) is 18.0 Å². The molecule has 2 heterocycles. The van der Waals surface area contributed by atoms with Gasteiger partial charge < -0.3 is 24.6 Å². The molecule has 1 atom stereocenters. The van der Waals surface area contributed by atoms with E-state index in [1.165, 1.54) is 0 Å². The zero-order chi connectivity index (χ0) is 19.3. The van der Waals surface area contributed by atoms with Crippen LogP contribution in [0, 0.1) is 0 Å². The largest absolute Gasteiger partial charge is 0.486 e. The third-order valence-corrected chi connectivity index (χ3v) is 3.90. The maximum Gasteiger partial charge on any atom is 0.232 e. The van der Waals surface area contributed by atoms with Crippen LogP contribution in [0.25, 0.3) is 0 Å². The van der Waals surface area contributed by atoms with Gasteiger partial charge in [0.1, 0.15) is 19.3 Å². The number of nitrogens with zero attached hydrogens (tertiary/aromatic N) is 3. The topological polar surface area (TPSA) is 93.8 Å². The number of hydrogen-bond donors (Lipinski definition) is 2. The van der Waals surface area contributed by atoms with Gasteiger partial charge in [-0.05, 0) is 19.1 Å². The first-order valence-corrected chi connectivity index (χ1v) is 9.19. The van der Waals surface area contributed by atoms with Crippen LogP contribution in [0.4, 0.5) is 0 Å². The predicted molar refractivity (Wildman–Crippen MR) is 102 cm³/mol. The lowest BCUT2D eigenvalue weighted by Crippen LogP contribution is -2.45. The van der Waals surface area contributed by atoms with Crippen molar-refractivity contribution in [3.63, 3.8) is 0 Å². The average molecular weight is 373 g/mol. The fourth-order valence-electron chi connectivity index (χ4n) is 2.49. The Kier molecular flexibility index (Phi) is 5.83. The second kappa shape index (κ2) is 8.28. The first-order valence-electron chi connectivity index (χ1n) is 9.19. The van der Waals surface area contributed by atoms with Gasteiger partial charge in [-0.1, -0.05) is 38.1 Å². The lowest BCUT2D eigenvalue weighted by Gasteiger charge is -2.27. The summed E-state index contributed by atoms with van der Waals surface area (Å²) >= 11 is 0. The quantitative estimate of drug-likeness (QED) is 0.613. The van der Waals surface area contributed by atoms with Crippen LogP contribution in [0.5, 0.6) is 11.5 Å². The van der Waals surface area contributed by atoms with Gasteiger partial charge in [-0.15, -0.1) is 0 Å². The minimum atomic E-state index is -0.174. The molecule has 0 aliphatic carbocycles. The first kappa shape index (κ1) is 19.0. The molecule has 1 aromatic carbocycles. The van der Waals surface area contributed by atoms with Crippen molar-refractivity contribution >= 4 is 5.96 Å². The Bertz CT molecular complexity index is 782. The highest BCUT2D eigenvalue weighted by molar-refractivity contribution is 5.79. The van der Waals surface area contributed by atoms with Crippen molar-refractivity contribution in [2.75, 3.05) is 19.7 Å².